The first-order chi connectivity index (χ1) is 28.7. The maximum absolute atomic E-state index is 6.60. The lowest BCUT2D eigenvalue weighted by molar-refractivity contribution is 0.669. The average Bonchev–Trinajstić information content (AvgIpc) is 3.98. The fourth-order valence-electron chi connectivity index (χ4n) is 8.13. The number of aliphatic imine (C=N–C) groups is 3. The Balaban J connectivity index is 1.03. The Bertz CT molecular complexity index is 3440. The first-order valence-electron chi connectivity index (χ1n) is 19.2. The van der Waals surface area contributed by atoms with Crippen molar-refractivity contribution in [3.05, 3.63) is 193 Å². The Morgan fingerprint density at radius 3 is 2.02 bits per heavy atom. The van der Waals surface area contributed by atoms with E-state index < -0.39 is 0 Å². The molecule has 0 spiro atoms. The van der Waals surface area contributed by atoms with Gasteiger partial charge in [0.25, 0.3) is 0 Å². The standard InChI is InChI=1S/C52H33N3OS2/c1-53-52(41-16-9-17-43-49(41)39-27-25-35(30-44(39)56-43)37-15-10-20-48-50(37)40-14-6-8-19-46(40)58-48)55-51(36-26-28-47-42(29-36)38-13-5-7-18-45(38)57-47)54-31-32-21-23-34(24-22-32)33-11-3-2-4-12-33/h2-30H,1,31H2. The summed E-state index contributed by atoms with van der Waals surface area (Å²) in [6.07, 6.45) is 0. The molecule has 8 aromatic carbocycles. The van der Waals surface area contributed by atoms with Gasteiger partial charge in [-0.3, -0.25) is 4.99 Å². The molecule has 6 heteroatoms. The fraction of sp³-hybridized carbons (Fsp3) is 0.0192. The highest BCUT2D eigenvalue weighted by atomic mass is 32.1. The SMILES string of the molecule is C=NC(=NC(=NCc1ccc(-c2ccccc2)cc1)c1ccc2sc3ccccc3c2c1)c1cccc2oc3cc(-c4cccc5sc6ccccc6c45)ccc3c12. The van der Waals surface area contributed by atoms with Crippen LogP contribution in [0.5, 0.6) is 0 Å². The zero-order chi connectivity index (χ0) is 38.6. The lowest BCUT2D eigenvalue weighted by atomic mass is 9.98. The highest BCUT2D eigenvalue weighted by Crippen LogP contribution is 2.42. The molecule has 0 bridgehead atoms. The Morgan fingerprint density at radius 2 is 1.17 bits per heavy atom. The summed E-state index contributed by atoms with van der Waals surface area (Å²) in [5.41, 5.74) is 9.09. The van der Waals surface area contributed by atoms with Gasteiger partial charge < -0.3 is 4.42 Å². The van der Waals surface area contributed by atoms with Crippen molar-refractivity contribution in [3.63, 3.8) is 0 Å². The van der Waals surface area contributed by atoms with E-state index in [-0.39, 0.29) is 0 Å². The van der Waals surface area contributed by atoms with Crippen LogP contribution in [0.25, 0.3) is 84.5 Å². The number of thiophene rings is 2. The molecule has 0 unspecified atom stereocenters. The monoisotopic (exact) mass is 779 g/mol. The number of rotatable bonds is 6. The normalized spacial score (nSPS) is 12.5. The minimum absolute atomic E-state index is 0.453. The third-order valence-corrected chi connectivity index (χ3v) is 13.2. The van der Waals surface area contributed by atoms with E-state index in [0.29, 0.717) is 18.2 Å². The van der Waals surface area contributed by atoms with E-state index in [4.69, 9.17) is 14.4 Å². The van der Waals surface area contributed by atoms with Crippen LogP contribution in [0.2, 0.25) is 0 Å². The van der Waals surface area contributed by atoms with Gasteiger partial charge in [0, 0.05) is 62.2 Å². The van der Waals surface area contributed by atoms with Crippen LogP contribution in [0.4, 0.5) is 0 Å². The lowest BCUT2D eigenvalue weighted by Crippen LogP contribution is -2.06. The van der Waals surface area contributed by atoms with Crippen molar-refractivity contribution in [2.45, 2.75) is 6.54 Å². The largest absolute Gasteiger partial charge is 0.456 e. The molecular weight excluding hydrogens is 747 g/mol. The van der Waals surface area contributed by atoms with E-state index in [2.05, 4.69) is 163 Å². The first-order valence-corrected chi connectivity index (χ1v) is 20.8. The van der Waals surface area contributed by atoms with Gasteiger partial charge in [0.1, 0.15) is 11.2 Å². The number of furan rings is 1. The topological polar surface area (TPSA) is 50.2 Å². The maximum atomic E-state index is 6.60. The fourth-order valence-corrected chi connectivity index (χ4v) is 10.4. The second-order valence-corrected chi connectivity index (χ2v) is 16.5. The summed E-state index contributed by atoms with van der Waals surface area (Å²) in [6, 6.07) is 61.8. The van der Waals surface area contributed by atoms with Gasteiger partial charge >= 0.3 is 0 Å². The highest BCUT2D eigenvalue weighted by Gasteiger charge is 2.18. The summed E-state index contributed by atoms with van der Waals surface area (Å²) >= 11 is 3.63. The second-order valence-electron chi connectivity index (χ2n) is 14.4. The van der Waals surface area contributed by atoms with Crippen LogP contribution in [-0.2, 0) is 6.54 Å². The molecule has 0 saturated heterocycles. The summed E-state index contributed by atoms with van der Waals surface area (Å²) < 4.78 is 11.6. The molecule has 3 aromatic heterocycles. The van der Waals surface area contributed by atoms with Crippen LogP contribution in [0.15, 0.2) is 195 Å². The summed E-state index contributed by atoms with van der Waals surface area (Å²) in [5.74, 6) is 1.08. The Labute approximate surface area is 342 Å². The van der Waals surface area contributed by atoms with Crippen molar-refractivity contribution >= 4 is 103 Å². The van der Waals surface area contributed by atoms with Crippen LogP contribution < -0.4 is 0 Å². The molecule has 4 nitrogen and oxygen atoms in total. The molecule has 3 heterocycles. The first kappa shape index (κ1) is 34.3. The van der Waals surface area contributed by atoms with Crippen LogP contribution in [0, 0.1) is 0 Å². The van der Waals surface area contributed by atoms with E-state index in [1.54, 1.807) is 11.3 Å². The summed E-state index contributed by atoms with van der Waals surface area (Å²) in [4.78, 5) is 15.0. The van der Waals surface area contributed by atoms with Gasteiger partial charge in [-0.15, -0.1) is 22.7 Å². The molecule has 0 aliphatic carbocycles. The molecule has 0 radical (unpaired) electrons. The predicted octanol–water partition coefficient (Wildman–Crippen LogP) is 14.7. The third kappa shape index (κ3) is 5.93. The molecule has 274 valence electrons. The summed E-state index contributed by atoms with van der Waals surface area (Å²) in [5, 5.41) is 6.91. The highest BCUT2D eigenvalue weighted by molar-refractivity contribution is 7.26. The lowest BCUT2D eigenvalue weighted by Gasteiger charge is -2.08. The van der Waals surface area contributed by atoms with Crippen molar-refractivity contribution in [3.8, 4) is 22.3 Å². The zero-order valence-electron chi connectivity index (χ0n) is 31.2. The van der Waals surface area contributed by atoms with Gasteiger partial charge in [-0.2, -0.15) is 0 Å². The summed E-state index contributed by atoms with van der Waals surface area (Å²) in [7, 11) is 0. The average molecular weight is 780 g/mol. The van der Waals surface area contributed by atoms with Crippen LogP contribution in [0.3, 0.4) is 0 Å². The Hall–Kier alpha value is -6.99. The number of nitrogens with zero attached hydrogens (tertiary/aromatic N) is 3. The molecule has 0 aliphatic heterocycles. The molecule has 0 saturated carbocycles. The molecule has 0 amide bonds. The smallest absolute Gasteiger partial charge is 0.161 e. The van der Waals surface area contributed by atoms with Gasteiger partial charge in [-0.05, 0) is 89.1 Å². The van der Waals surface area contributed by atoms with Crippen LogP contribution in [-0.4, -0.2) is 18.4 Å². The second kappa shape index (κ2) is 14.2. The molecule has 58 heavy (non-hydrogen) atoms. The Kier molecular flexibility index (Phi) is 8.38. The molecule has 11 aromatic rings. The molecule has 0 fully saturated rings. The number of hydrogen-bond donors (Lipinski definition) is 0. The van der Waals surface area contributed by atoms with Gasteiger partial charge in [0.05, 0.1) is 6.54 Å². The predicted molar refractivity (Wildman–Crippen MR) is 250 cm³/mol. The van der Waals surface area contributed by atoms with E-state index in [1.165, 1.54) is 57.0 Å². The molecule has 0 aliphatic rings. The third-order valence-electron chi connectivity index (χ3n) is 10.9. The minimum Gasteiger partial charge on any atom is -0.456 e. The Morgan fingerprint density at radius 1 is 0.483 bits per heavy atom. The number of fused-ring (bicyclic) bond motifs is 9. The van der Waals surface area contributed by atoms with Crippen LogP contribution >= 0.6 is 22.7 Å². The molecule has 11 rings (SSSR count). The van der Waals surface area contributed by atoms with Crippen molar-refractivity contribution in [1.29, 1.82) is 0 Å². The van der Waals surface area contributed by atoms with Crippen molar-refractivity contribution in [2.75, 3.05) is 0 Å². The van der Waals surface area contributed by atoms with Crippen molar-refractivity contribution < 1.29 is 4.42 Å². The molecule has 0 atom stereocenters. The summed E-state index contributed by atoms with van der Waals surface area (Å²) in [6.45, 7) is 4.49. The van der Waals surface area contributed by atoms with E-state index in [1.807, 2.05) is 35.6 Å². The van der Waals surface area contributed by atoms with Crippen molar-refractivity contribution in [1.82, 2.24) is 0 Å². The number of benzene rings is 8. The van der Waals surface area contributed by atoms with E-state index in [0.717, 1.165) is 44.2 Å². The zero-order valence-corrected chi connectivity index (χ0v) is 32.9. The van der Waals surface area contributed by atoms with Gasteiger partial charge in [-0.25, -0.2) is 9.98 Å². The number of hydrogen-bond acceptors (Lipinski definition) is 4. The van der Waals surface area contributed by atoms with Crippen LogP contribution in [0.1, 0.15) is 16.7 Å². The van der Waals surface area contributed by atoms with Gasteiger partial charge in [0.15, 0.2) is 11.7 Å². The number of amidine groups is 2. The molecular formula is C52H33N3OS2. The molecule has 0 N–H and O–H groups in total. The minimum atomic E-state index is 0.453. The van der Waals surface area contributed by atoms with E-state index >= 15 is 0 Å². The van der Waals surface area contributed by atoms with Gasteiger partial charge in [-0.1, -0.05) is 121 Å². The van der Waals surface area contributed by atoms with Gasteiger partial charge in [0.2, 0.25) is 0 Å². The quantitative estimate of drug-likeness (QED) is 0.122. The maximum Gasteiger partial charge on any atom is 0.161 e. The van der Waals surface area contributed by atoms with Crippen molar-refractivity contribution in [2.24, 2.45) is 15.0 Å². The van der Waals surface area contributed by atoms with E-state index in [9.17, 15) is 0 Å².